The molecule has 0 saturated carbocycles. The molecule has 1 N–H and O–H groups in total. The van der Waals surface area contributed by atoms with E-state index in [0.29, 0.717) is 19.8 Å². The number of ether oxygens (including phenoxy) is 2. The molecule has 0 bridgehead atoms. The Kier molecular flexibility index (Phi) is 4.70. The number of methoxy groups -OCH3 is 1. The first-order chi connectivity index (χ1) is 7.57. The predicted molar refractivity (Wildman–Crippen MR) is 55.0 cm³/mol. The Bertz CT molecular complexity index is 268. The normalized spacial score (nSPS) is 22.9. The summed E-state index contributed by atoms with van der Waals surface area (Å²) in [5.41, 5.74) is 0. The van der Waals surface area contributed by atoms with Gasteiger partial charge in [-0.2, -0.15) is 0 Å². The summed E-state index contributed by atoms with van der Waals surface area (Å²) >= 11 is 0. The van der Waals surface area contributed by atoms with E-state index in [1.54, 1.807) is 6.92 Å². The fourth-order valence-corrected chi connectivity index (χ4v) is 1.68. The number of rotatable bonds is 4. The molecule has 6 heteroatoms. The number of carbonyl (C=O) groups is 2. The molecule has 6 nitrogen and oxygen atoms in total. The van der Waals surface area contributed by atoms with Crippen molar-refractivity contribution < 1.29 is 24.2 Å². The molecule has 0 aliphatic carbocycles. The third-order valence-electron chi connectivity index (χ3n) is 2.53. The Morgan fingerprint density at radius 1 is 1.62 bits per heavy atom. The molecule has 92 valence electrons. The third-order valence-corrected chi connectivity index (χ3v) is 2.53. The first-order valence-electron chi connectivity index (χ1n) is 5.18. The largest absolute Gasteiger partial charge is 0.480 e. The highest BCUT2D eigenvalue weighted by Crippen LogP contribution is 2.12. The van der Waals surface area contributed by atoms with E-state index in [2.05, 4.69) is 0 Å². The summed E-state index contributed by atoms with van der Waals surface area (Å²) in [6.45, 7) is 2.78. The number of carboxylic acids is 1. The summed E-state index contributed by atoms with van der Waals surface area (Å²) in [5.74, 6) is -1.56. The minimum absolute atomic E-state index is 0.0563. The van der Waals surface area contributed by atoms with Gasteiger partial charge >= 0.3 is 5.97 Å². The molecule has 1 fully saturated rings. The van der Waals surface area contributed by atoms with E-state index < -0.39 is 12.0 Å². The molecule has 1 aliphatic rings. The fourth-order valence-electron chi connectivity index (χ4n) is 1.68. The number of amides is 1. The van der Waals surface area contributed by atoms with Gasteiger partial charge in [-0.05, 0) is 0 Å². The van der Waals surface area contributed by atoms with Gasteiger partial charge in [-0.1, -0.05) is 6.92 Å². The SMILES string of the molecule is COCC(C)C(=O)N1CCOCC1C(=O)O. The monoisotopic (exact) mass is 231 g/mol. The van der Waals surface area contributed by atoms with E-state index in [9.17, 15) is 9.59 Å². The van der Waals surface area contributed by atoms with Gasteiger partial charge in [0.2, 0.25) is 5.91 Å². The van der Waals surface area contributed by atoms with E-state index in [4.69, 9.17) is 14.6 Å². The lowest BCUT2D eigenvalue weighted by Crippen LogP contribution is -2.54. The summed E-state index contributed by atoms with van der Waals surface area (Å²) in [6.07, 6.45) is 0. The number of aliphatic carboxylic acids is 1. The van der Waals surface area contributed by atoms with Gasteiger partial charge in [-0.3, -0.25) is 4.79 Å². The van der Waals surface area contributed by atoms with Gasteiger partial charge in [0.25, 0.3) is 0 Å². The van der Waals surface area contributed by atoms with Crippen LogP contribution in [0.2, 0.25) is 0 Å². The Morgan fingerprint density at radius 2 is 2.31 bits per heavy atom. The van der Waals surface area contributed by atoms with E-state index in [1.165, 1.54) is 12.0 Å². The van der Waals surface area contributed by atoms with Crippen LogP contribution in [-0.4, -0.2) is 61.4 Å². The van der Waals surface area contributed by atoms with Crippen molar-refractivity contribution in [3.8, 4) is 0 Å². The van der Waals surface area contributed by atoms with Crippen molar-refractivity contribution in [2.45, 2.75) is 13.0 Å². The standard InChI is InChI=1S/C10H17NO5/c1-7(5-15-2)9(12)11-3-4-16-6-8(11)10(13)14/h7-8H,3-6H2,1-2H3,(H,13,14). The number of carboxylic acid groups (broad SMARTS) is 1. The van der Waals surface area contributed by atoms with E-state index in [-0.39, 0.29) is 18.4 Å². The second-order valence-corrected chi connectivity index (χ2v) is 3.82. The summed E-state index contributed by atoms with van der Waals surface area (Å²) in [6, 6.07) is -0.874. The van der Waals surface area contributed by atoms with E-state index in [0.717, 1.165) is 0 Å². The smallest absolute Gasteiger partial charge is 0.328 e. The van der Waals surface area contributed by atoms with Crippen LogP contribution in [0.5, 0.6) is 0 Å². The molecule has 1 rings (SSSR count). The number of morpholine rings is 1. The molecule has 0 aromatic carbocycles. The molecule has 0 spiro atoms. The Hall–Kier alpha value is -1.14. The van der Waals surface area contributed by atoms with Crippen LogP contribution in [0.25, 0.3) is 0 Å². The Labute approximate surface area is 94.1 Å². The molecule has 1 saturated heterocycles. The van der Waals surface area contributed by atoms with Gasteiger partial charge in [0, 0.05) is 13.7 Å². The molecular formula is C10H17NO5. The van der Waals surface area contributed by atoms with Crippen molar-refractivity contribution in [3.63, 3.8) is 0 Å². The highest BCUT2D eigenvalue weighted by Gasteiger charge is 2.34. The highest BCUT2D eigenvalue weighted by molar-refractivity contribution is 5.85. The molecule has 1 amide bonds. The minimum atomic E-state index is -1.03. The van der Waals surface area contributed by atoms with Crippen LogP contribution >= 0.6 is 0 Å². The van der Waals surface area contributed by atoms with Gasteiger partial charge in [0.15, 0.2) is 6.04 Å². The predicted octanol–water partition coefficient (Wildman–Crippen LogP) is -0.419. The molecule has 1 heterocycles. The summed E-state index contributed by atoms with van der Waals surface area (Å²) in [4.78, 5) is 24.2. The summed E-state index contributed by atoms with van der Waals surface area (Å²) < 4.78 is 9.94. The third kappa shape index (κ3) is 2.93. The van der Waals surface area contributed by atoms with E-state index >= 15 is 0 Å². The Balaban J connectivity index is 2.67. The first-order valence-corrected chi connectivity index (χ1v) is 5.18. The zero-order valence-corrected chi connectivity index (χ0v) is 9.51. The second kappa shape index (κ2) is 5.81. The van der Waals surface area contributed by atoms with Crippen LogP contribution in [0.3, 0.4) is 0 Å². The molecule has 1 aliphatic heterocycles. The highest BCUT2D eigenvalue weighted by atomic mass is 16.5. The maximum Gasteiger partial charge on any atom is 0.328 e. The molecule has 16 heavy (non-hydrogen) atoms. The van der Waals surface area contributed by atoms with Crippen LogP contribution < -0.4 is 0 Å². The minimum Gasteiger partial charge on any atom is -0.480 e. The summed E-state index contributed by atoms with van der Waals surface area (Å²) in [7, 11) is 1.51. The van der Waals surface area contributed by atoms with Crippen molar-refractivity contribution in [1.29, 1.82) is 0 Å². The van der Waals surface area contributed by atoms with Crippen LogP contribution in [-0.2, 0) is 19.1 Å². The van der Waals surface area contributed by atoms with Gasteiger partial charge < -0.3 is 19.5 Å². The van der Waals surface area contributed by atoms with Crippen molar-refractivity contribution in [2.75, 3.05) is 33.5 Å². The molecule has 2 atom stereocenters. The van der Waals surface area contributed by atoms with Gasteiger partial charge in [-0.25, -0.2) is 4.79 Å². The molecular weight excluding hydrogens is 214 g/mol. The van der Waals surface area contributed by atoms with Gasteiger partial charge in [0.05, 0.1) is 25.7 Å². The zero-order chi connectivity index (χ0) is 12.1. The number of nitrogens with zero attached hydrogens (tertiary/aromatic N) is 1. The Morgan fingerprint density at radius 3 is 2.88 bits per heavy atom. The number of carbonyl (C=O) groups excluding carboxylic acids is 1. The van der Waals surface area contributed by atoms with Gasteiger partial charge in [-0.15, -0.1) is 0 Å². The molecule has 0 aromatic heterocycles. The van der Waals surface area contributed by atoms with Crippen LogP contribution in [0.4, 0.5) is 0 Å². The van der Waals surface area contributed by atoms with Crippen molar-refractivity contribution in [2.24, 2.45) is 5.92 Å². The van der Waals surface area contributed by atoms with Crippen molar-refractivity contribution in [1.82, 2.24) is 4.90 Å². The molecule has 0 aromatic rings. The molecule has 2 unspecified atom stereocenters. The summed E-state index contributed by atoms with van der Waals surface area (Å²) in [5, 5.41) is 8.96. The number of hydrogen-bond acceptors (Lipinski definition) is 4. The maximum absolute atomic E-state index is 11.9. The average molecular weight is 231 g/mol. The van der Waals surface area contributed by atoms with Crippen molar-refractivity contribution >= 4 is 11.9 Å². The fraction of sp³-hybridized carbons (Fsp3) is 0.800. The lowest BCUT2D eigenvalue weighted by molar-refractivity contribution is -0.160. The first kappa shape index (κ1) is 12.9. The topological polar surface area (TPSA) is 76.1 Å². The molecule has 0 radical (unpaired) electrons. The van der Waals surface area contributed by atoms with Crippen molar-refractivity contribution in [3.05, 3.63) is 0 Å². The van der Waals surface area contributed by atoms with Crippen LogP contribution in [0, 0.1) is 5.92 Å². The number of hydrogen-bond donors (Lipinski definition) is 1. The van der Waals surface area contributed by atoms with Gasteiger partial charge in [0.1, 0.15) is 0 Å². The van der Waals surface area contributed by atoms with Crippen LogP contribution in [0.1, 0.15) is 6.92 Å². The quantitative estimate of drug-likeness (QED) is 0.711. The lowest BCUT2D eigenvalue weighted by atomic mass is 10.1. The zero-order valence-electron chi connectivity index (χ0n) is 9.51. The maximum atomic E-state index is 11.9. The van der Waals surface area contributed by atoms with E-state index in [1.807, 2.05) is 0 Å². The lowest BCUT2D eigenvalue weighted by Gasteiger charge is -2.34. The van der Waals surface area contributed by atoms with Crippen LogP contribution in [0.15, 0.2) is 0 Å². The second-order valence-electron chi connectivity index (χ2n) is 3.82. The average Bonchev–Trinajstić information content (AvgIpc) is 2.28.